The van der Waals surface area contributed by atoms with Crippen molar-refractivity contribution in [1.82, 2.24) is 5.32 Å². The molecule has 0 aliphatic rings. The largest absolute Gasteiger partial charge is 0.489 e. The van der Waals surface area contributed by atoms with Crippen molar-refractivity contribution in [2.24, 2.45) is 0 Å². The van der Waals surface area contributed by atoms with Crippen molar-refractivity contribution in [2.45, 2.75) is 31.5 Å². The molecule has 0 saturated carbocycles. The summed E-state index contributed by atoms with van der Waals surface area (Å²) < 4.78 is 41.0. The van der Waals surface area contributed by atoms with Crippen LogP contribution in [0.1, 0.15) is 19.3 Å². The summed E-state index contributed by atoms with van der Waals surface area (Å²) in [5, 5.41) is 13.0. The Hall–Kier alpha value is -0.980. The zero-order valence-corrected chi connectivity index (χ0v) is 12.3. The van der Waals surface area contributed by atoms with Gasteiger partial charge in [0.25, 0.3) is 0 Å². The Morgan fingerprint density at radius 2 is 1.95 bits per heavy atom. The van der Waals surface area contributed by atoms with Crippen molar-refractivity contribution >= 4 is 11.6 Å². The smallest absolute Gasteiger partial charge is 0.389 e. The molecule has 0 heterocycles. The molecule has 3 nitrogen and oxygen atoms in total. The van der Waals surface area contributed by atoms with E-state index >= 15 is 0 Å². The van der Waals surface area contributed by atoms with Gasteiger partial charge in [0, 0.05) is 13.0 Å². The average Bonchev–Trinajstić information content (AvgIpc) is 2.40. The number of unbranched alkanes of at least 4 members (excludes halogenated alkanes) is 1. The minimum Gasteiger partial charge on any atom is -0.489 e. The molecule has 0 spiro atoms. The van der Waals surface area contributed by atoms with Gasteiger partial charge in [0.15, 0.2) is 0 Å². The molecule has 7 heteroatoms. The molecule has 1 aromatic rings. The molecule has 1 unspecified atom stereocenters. The predicted octanol–water partition coefficient (Wildman–Crippen LogP) is 3.40. The molecule has 0 aliphatic heterocycles. The molecule has 120 valence electrons. The lowest BCUT2D eigenvalue weighted by molar-refractivity contribution is -0.135. The van der Waals surface area contributed by atoms with Crippen LogP contribution in [0.2, 0.25) is 5.02 Å². The molecule has 2 N–H and O–H groups in total. The summed E-state index contributed by atoms with van der Waals surface area (Å²) in [6.07, 6.45) is -5.11. The van der Waals surface area contributed by atoms with E-state index in [0.717, 1.165) is 0 Å². The van der Waals surface area contributed by atoms with Crippen LogP contribution in [0.3, 0.4) is 0 Å². The van der Waals surface area contributed by atoms with E-state index in [0.29, 0.717) is 23.7 Å². The molecule has 0 fully saturated rings. The van der Waals surface area contributed by atoms with Crippen LogP contribution in [0, 0.1) is 0 Å². The number of ether oxygens (including phenoxy) is 1. The molecule has 0 aromatic heterocycles. The van der Waals surface area contributed by atoms with Gasteiger partial charge in [0.2, 0.25) is 0 Å². The number of alkyl halides is 3. The molecule has 0 bridgehead atoms. The van der Waals surface area contributed by atoms with Crippen LogP contribution >= 0.6 is 11.6 Å². The third-order valence-electron chi connectivity index (χ3n) is 2.71. The molecule has 0 saturated heterocycles. The minimum absolute atomic E-state index is 0.0687. The lowest BCUT2D eigenvalue weighted by atomic mass is 10.2. The number of benzene rings is 1. The lowest BCUT2D eigenvalue weighted by Gasteiger charge is -2.14. The highest BCUT2D eigenvalue weighted by Crippen LogP contribution is 2.23. The predicted molar refractivity (Wildman–Crippen MR) is 75.7 cm³/mol. The molecule has 1 rings (SSSR count). The van der Waals surface area contributed by atoms with Gasteiger partial charge in [-0.2, -0.15) is 13.2 Å². The second kappa shape index (κ2) is 9.12. The second-order valence-electron chi connectivity index (χ2n) is 4.67. The van der Waals surface area contributed by atoms with Crippen molar-refractivity contribution < 1.29 is 23.0 Å². The standard InChI is InChI=1S/C14H19ClF3NO2/c15-12-5-1-2-6-13(12)21-10-11(20)9-19-8-4-3-7-14(16,17)18/h1-2,5-6,11,19-20H,3-4,7-10H2. The van der Waals surface area contributed by atoms with E-state index in [-0.39, 0.29) is 19.6 Å². The van der Waals surface area contributed by atoms with Crippen LogP contribution in [0.5, 0.6) is 5.75 Å². The van der Waals surface area contributed by atoms with Crippen molar-refractivity contribution in [3.8, 4) is 5.75 Å². The van der Waals surface area contributed by atoms with Crippen molar-refractivity contribution in [1.29, 1.82) is 0 Å². The topological polar surface area (TPSA) is 41.5 Å². The van der Waals surface area contributed by atoms with Gasteiger partial charge in [-0.25, -0.2) is 0 Å². The fraction of sp³-hybridized carbons (Fsp3) is 0.571. The molecular formula is C14H19ClF3NO2. The van der Waals surface area contributed by atoms with E-state index in [1.165, 1.54) is 0 Å². The first-order chi connectivity index (χ1) is 9.88. The maximum atomic E-state index is 11.9. The third-order valence-corrected chi connectivity index (χ3v) is 3.02. The van der Waals surface area contributed by atoms with Crippen LogP contribution < -0.4 is 10.1 Å². The van der Waals surface area contributed by atoms with Gasteiger partial charge in [-0.05, 0) is 31.5 Å². The van der Waals surface area contributed by atoms with E-state index in [1.54, 1.807) is 24.3 Å². The van der Waals surface area contributed by atoms with Gasteiger partial charge in [0.1, 0.15) is 18.5 Å². The zero-order valence-electron chi connectivity index (χ0n) is 11.5. The average molecular weight is 326 g/mol. The number of aliphatic hydroxyl groups excluding tert-OH is 1. The fourth-order valence-electron chi connectivity index (χ4n) is 1.65. The Labute approximate surface area is 127 Å². The Morgan fingerprint density at radius 3 is 2.62 bits per heavy atom. The summed E-state index contributed by atoms with van der Waals surface area (Å²) in [4.78, 5) is 0. The first-order valence-electron chi connectivity index (χ1n) is 6.71. The molecule has 0 amide bonds. The summed E-state index contributed by atoms with van der Waals surface area (Å²) in [6.45, 7) is 0.759. The van der Waals surface area contributed by atoms with Crippen molar-refractivity contribution in [2.75, 3.05) is 19.7 Å². The number of hydrogen-bond donors (Lipinski definition) is 2. The zero-order chi connectivity index (χ0) is 15.7. The number of rotatable bonds is 9. The van der Waals surface area contributed by atoms with Gasteiger partial charge in [-0.1, -0.05) is 23.7 Å². The lowest BCUT2D eigenvalue weighted by Crippen LogP contribution is -2.32. The molecular weight excluding hydrogens is 307 g/mol. The Balaban J connectivity index is 2.07. The van der Waals surface area contributed by atoms with Gasteiger partial charge in [-0.15, -0.1) is 0 Å². The van der Waals surface area contributed by atoms with Crippen molar-refractivity contribution in [3.05, 3.63) is 29.3 Å². The summed E-state index contributed by atoms with van der Waals surface area (Å²) in [7, 11) is 0. The number of aliphatic hydroxyl groups is 1. The minimum atomic E-state index is -4.09. The maximum absolute atomic E-state index is 11.9. The quantitative estimate of drug-likeness (QED) is 0.684. The summed E-state index contributed by atoms with van der Waals surface area (Å²) in [6, 6.07) is 6.92. The molecule has 21 heavy (non-hydrogen) atoms. The Morgan fingerprint density at radius 1 is 1.24 bits per heavy atom. The van der Waals surface area contributed by atoms with E-state index in [1.807, 2.05) is 0 Å². The number of hydrogen-bond acceptors (Lipinski definition) is 3. The van der Waals surface area contributed by atoms with E-state index in [2.05, 4.69) is 5.32 Å². The van der Waals surface area contributed by atoms with Crippen molar-refractivity contribution in [3.63, 3.8) is 0 Å². The first kappa shape index (κ1) is 18.1. The van der Waals surface area contributed by atoms with Crippen LogP contribution in [0.25, 0.3) is 0 Å². The number of nitrogens with one attached hydrogen (secondary N) is 1. The fourth-order valence-corrected chi connectivity index (χ4v) is 1.84. The molecule has 1 aromatic carbocycles. The van der Waals surface area contributed by atoms with Gasteiger partial charge in [-0.3, -0.25) is 0 Å². The summed E-state index contributed by atoms with van der Waals surface area (Å²) in [5.74, 6) is 0.489. The highest BCUT2D eigenvalue weighted by Gasteiger charge is 2.25. The normalized spacial score (nSPS) is 13.2. The third kappa shape index (κ3) is 8.80. The van der Waals surface area contributed by atoms with E-state index in [4.69, 9.17) is 16.3 Å². The molecule has 1 atom stereocenters. The van der Waals surface area contributed by atoms with Crippen LogP contribution in [0.4, 0.5) is 13.2 Å². The van der Waals surface area contributed by atoms with Gasteiger partial charge < -0.3 is 15.2 Å². The van der Waals surface area contributed by atoms with Crippen LogP contribution in [0.15, 0.2) is 24.3 Å². The molecule has 0 radical (unpaired) electrons. The van der Waals surface area contributed by atoms with E-state index < -0.39 is 18.7 Å². The maximum Gasteiger partial charge on any atom is 0.389 e. The van der Waals surface area contributed by atoms with Gasteiger partial charge >= 0.3 is 6.18 Å². The monoisotopic (exact) mass is 325 g/mol. The summed E-state index contributed by atoms with van der Waals surface area (Å²) >= 11 is 5.89. The van der Waals surface area contributed by atoms with E-state index in [9.17, 15) is 18.3 Å². The Kier molecular flexibility index (Phi) is 7.85. The summed E-state index contributed by atoms with van der Waals surface area (Å²) in [5.41, 5.74) is 0. The number of halogens is 4. The SMILES string of the molecule is OC(CNCCCCC(F)(F)F)COc1ccccc1Cl. The van der Waals surface area contributed by atoms with Crippen LogP contribution in [-0.4, -0.2) is 37.1 Å². The van der Waals surface area contributed by atoms with Gasteiger partial charge in [0.05, 0.1) is 5.02 Å². The number of para-hydroxylation sites is 1. The second-order valence-corrected chi connectivity index (χ2v) is 5.08. The first-order valence-corrected chi connectivity index (χ1v) is 7.09. The van der Waals surface area contributed by atoms with Crippen LogP contribution in [-0.2, 0) is 0 Å². The molecule has 0 aliphatic carbocycles. The highest BCUT2D eigenvalue weighted by molar-refractivity contribution is 6.32. The Bertz CT molecular complexity index is 415. The highest BCUT2D eigenvalue weighted by atomic mass is 35.5.